The average Bonchev–Trinajstić information content (AvgIpc) is 2.79. The maximum Gasteiger partial charge on any atom is 0.305 e. The van der Waals surface area contributed by atoms with Crippen molar-refractivity contribution in [2.24, 2.45) is 5.18 Å². The molecule has 3 rings (SSSR count). The van der Waals surface area contributed by atoms with E-state index in [1.165, 1.54) is 0 Å². The minimum absolute atomic E-state index is 0.241. The molecule has 1 fully saturated rings. The maximum atomic E-state index is 11.7. The third-order valence-electron chi connectivity index (χ3n) is 5.25. The van der Waals surface area contributed by atoms with Gasteiger partial charge in [0.1, 0.15) is 17.5 Å². The molecule has 3 atom stereocenters. The normalized spacial score (nSPS) is 20.6. The first kappa shape index (κ1) is 22.7. The average molecular weight is 427 g/mol. The minimum atomic E-state index is -0.597. The quantitative estimate of drug-likeness (QED) is 0.405. The minimum Gasteiger partial charge on any atom is -0.497 e. The zero-order chi connectivity index (χ0) is 22.1. The van der Waals surface area contributed by atoms with Gasteiger partial charge >= 0.3 is 5.97 Å². The Balaban J connectivity index is 1.65. The summed E-state index contributed by atoms with van der Waals surface area (Å²) in [6, 6.07) is 15.3. The molecule has 0 aromatic heterocycles. The van der Waals surface area contributed by atoms with Gasteiger partial charge in [-0.2, -0.15) is 4.91 Å². The Hall–Kier alpha value is -2.93. The van der Waals surface area contributed by atoms with E-state index in [9.17, 15) is 9.70 Å². The van der Waals surface area contributed by atoms with E-state index < -0.39 is 12.3 Å². The van der Waals surface area contributed by atoms with Crippen LogP contribution in [-0.4, -0.2) is 38.1 Å². The fourth-order valence-corrected chi connectivity index (χ4v) is 3.68. The molecular formula is C24H29NO6. The molecule has 1 heterocycles. The molecule has 2 aromatic carbocycles. The Morgan fingerprint density at radius 3 is 2.61 bits per heavy atom. The summed E-state index contributed by atoms with van der Waals surface area (Å²) in [6.45, 7) is 2.12. The van der Waals surface area contributed by atoms with E-state index in [-0.39, 0.29) is 18.5 Å². The first-order valence-corrected chi connectivity index (χ1v) is 10.6. The van der Waals surface area contributed by atoms with Crippen molar-refractivity contribution in [3.8, 4) is 11.5 Å². The lowest BCUT2D eigenvalue weighted by Crippen LogP contribution is -2.38. The molecule has 1 aliphatic heterocycles. The Kier molecular flexibility index (Phi) is 8.41. The largest absolute Gasteiger partial charge is 0.497 e. The van der Waals surface area contributed by atoms with Crippen LogP contribution in [0.2, 0.25) is 0 Å². The van der Waals surface area contributed by atoms with E-state index in [0.29, 0.717) is 38.0 Å². The van der Waals surface area contributed by atoms with Gasteiger partial charge in [-0.3, -0.25) is 4.79 Å². The summed E-state index contributed by atoms with van der Waals surface area (Å²) in [4.78, 5) is 22.9. The van der Waals surface area contributed by atoms with E-state index >= 15 is 0 Å². The van der Waals surface area contributed by atoms with Crippen molar-refractivity contribution < 1.29 is 23.7 Å². The number of carbonyl (C=O) groups is 1. The molecule has 0 aliphatic carbocycles. The van der Waals surface area contributed by atoms with Gasteiger partial charge < -0.3 is 18.9 Å². The number of hydrogen-bond donors (Lipinski definition) is 0. The molecule has 0 radical (unpaired) electrons. The topological polar surface area (TPSA) is 83.4 Å². The molecule has 0 bridgehead atoms. The van der Waals surface area contributed by atoms with Crippen LogP contribution in [0.5, 0.6) is 11.5 Å². The summed E-state index contributed by atoms with van der Waals surface area (Å²) in [7, 11) is 1.64. The van der Waals surface area contributed by atoms with Crippen LogP contribution >= 0.6 is 0 Å². The molecule has 0 N–H and O–H groups in total. The van der Waals surface area contributed by atoms with Crippen molar-refractivity contribution >= 4 is 5.97 Å². The fraction of sp³-hybridized carbons (Fsp3) is 0.458. The van der Waals surface area contributed by atoms with Gasteiger partial charge in [-0.1, -0.05) is 35.5 Å². The van der Waals surface area contributed by atoms with Crippen LogP contribution in [0.3, 0.4) is 0 Å². The van der Waals surface area contributed by atoms with Crippen LogP contribution in [0.15, 0.2) is 53.7 Å². The first-order chi connectivity index (χ1) is 15.1. The lowest BCUT2D eigenvalue weighted by atomic mass is 9.99. The molecule has 2 aromatic rings. The predicted octanol–water partition coefficient (Wildman–Crippen LogP) is 4.65. The molecule has 1 aliphatic rings. The summed E-state index contributed by atoms with van der Waals surface area (Å²) in [5, 5.41) is 3.22. The number of para-hydroxylation sites is 1. The van der Waals surface area contributed by atoms with Crippen LogP contribution in [0.4, 0.5) is 0 Å². The monoisotopic (exact) mass is 427 g/mol. The number of ether oxygens (including phenoxy) is 4. The molecule has 0 spiro atoms. The lowest BCUT2D eigenvalue weighted by molar-refractivity contribution is -0.160. The second-order valence-electron chi connectivity index (χ2n) is 7.51. The van der Waals surface area contributed by atoms with Gasteiger partial charge in [0.05, 0.1) is 19.8 Å². The zero-order valence-corrected chi connectivity index (χ0v) is 18.0. The predicted molar refractivity (Wildman–Crippen MR) is 116 cm³/mol. The summed E-state index contributed by atoms with van der Waals surface area (Å²) in [5.41, 5.74) is 2.14. The van der Waals surface area contributed by atoms with Gasteiger partial charge in [0.25, 0.3) is 0 Å². The first-order valence-electron chi connectivity index (χ1n) is 10.6. The Labute approximate surface area is 182 Å². The van der Waals surface area contributed by atoms with E-state index in [0.717, 1.165) is 16.9 Å². The second-order valence-corrected chi connectivity index (χ2v) is 7.51. The third-order valence-corrected chi connectivity index (χ3v) is 5.25. The van der Waals surface area contributed by atoms with Crippen molar-refractivity contribution in [1.82, 2.24) is 0 Å². The van der Waals surface area contributed by atoms with Crippen molar-refractivity contribution in [2.75, 3.05) is 13.7 Å². The van der Waals surface area contributed by atoms with E-state index in [2.05, 4.69) is 5.18 Å². The van der Waals surface area contributed by atoms with Crippen LogP contribution in [0, 0.1) is 4.91 Å². The van der Waals surface area contributed by atoms with Gasteiger partial charge in [0, 0.05) is 19.3 Å². The molecular weight excluding hydrogens is 398 g/mol. The summed E-state index contributed by atoms with van der Waals surface area (Å²) >= 11 is 0. The highest BCUT2D eigenvalue weighted by atomic mass is 16.7. The summed E-state index contributed by atoms with van der Waals surface area (Å²) < 4.78 is 22.4. The van der Waals surface area contributed by atoms with Crippen LogP contribution < -0.4 is 9.47 Å². The number of nitroso groups, excluding NO2 is 1. The summed E-state index contributed by atoms with van der Waals surface area (Å²) in [5.74, 6) is 1.25. The number of rotatable bonds is 10. The van der Waals surface area contributed by atoms with Crippen LogP contribution in [0.25, 0.3) is 0 Å². The van der Waals surface area contributed by atoms with E-state index in [4.69, 9.17) is 18.9 Å². The van der Waals surface area contributed by atoms with Gasteiger partial charge in [0.15, 0.2) is 0 Å². The number of esters is 1. The fourth-order valence-electron chi connectivity index (χ4n) is 3.68. The zero-order valence-electron chi connectivity index (χ0n) is 18.0. The Bertz CT molecular complexity index is 853. The molecule has 7 heteroatoms. The Morgan fingerprint density at radius 2 is 1.90 bits per heavy atom. The van der Waals surface area contributed by atoms with Crippen LogP contribution in [-0.2, 0) is 20.7 Å². The molecule has 31 heavy (non-hydrogen) atoms. The van der Waals surface area contributed by atoms with Crippen molar-refractivity contribution in [2.45, 2.75) is 57.5 Å². The Morgan fingerprint density at radius 1 is 1.13 bits per heavy atom. The number of methoxy groups -OCH3 is 1. The number of carbonyl (C=O) groups excluding carboxylic acids is 1. The van der Waals surface area contributed by atoms with Gasteiger partial charge in [-0.15, -0.1) is 0 Å². The van der Waals surface area contributed by atoms with E-state index in [1.54, 1.807) is 14.0 Å². The molecule has 1 saturated heterocycles. The second kappa shape index (κ2) is 11.5. The lowest BCUT2D eigenvalue weighted by Gasteiger charge is -2.33. The third kappa shape index (κ3) is 6.79. The van der Waals surface area contributed by atoms with Crippen molar-refractivity contribution in [3.63, 3.8) is 0 Å². The summed E-state index contributed by atoms with van der Waals surface area (Å²) in [6.07, 6.45) is 1.39. The van der Waals surface area contributed by atoms with Gasteiger partial charge in [-0.25, -0.2) is 0 Å². The van der Waals surface area contributed by atoms with Crippen LogP contribution in [0.1, 0.15) is 43.7 Å². The van der Waals surface area contributed by atoms with E-state index in [1.807, 2.05) is 48.5 Å². The van der Waals surface area contributed by atoms with Crippen molar-refractivity contribution in [1.29, 1.82) is 0 Å². The standard InChI is InChI=1S/C24H29NO6/c1-3-29-23(26)13-12-21-15-19(25-27)16-24(30-21)31-22-7-5-4-6-18(22)14-17-8-10-20(28-2)11-9-17/h4-11,19,21,24H,3,12-16H2,1-2H3. The number of nitrogens with zero attached hydrogens (tertiary/aromatic N) is 1. The number of benzene rings is 2. The highest BCUT2D eigenvalue weighted by Gasteiger charge is 2.32. The highest BCUT2D eigenvalue weighted by molar-refractivity contribution is 5.69. The molecule has 166 valence electrons. The molecule has 0 saturated carbocycles. The maximum absolute atomic E-state index is 11.7. The molecule has 0 amide bonds. The smallest absolute Gasteiger partial charge is 0.305 e. The van der Waals surface area contributed by atoms with Gasteiger partial charge in [0.2, 0.25) is 6.29 Å². The van der Waals surface area contributed by atoms with Crippen molar-refractivity contribution in [3.05, 3.63) is 64.6 Å². The number of hydrogen-bond acceptors (Lipinski definition) is 7. The SMILES string of the molecule is CCOC(=O)CCC1CC(N=O)CC(Oc2ccccc2Cc2ccc(OC)cc2)O1. The molecule has 7 nitrogen and oxygen atoms in total. The van der Waals surface area contributed by atoms with Gasteiger partial charge in [-0.05, 0) is 49.1 Å². The molecule has 3 unspecified atom stereocenters. The highest BCUT2D eigenvalue weighted by Crippen LogP contribution is 2.30.